The monoisotopic (exact) mass is 276 g/mol. The summed E-state index contributed by atoms with van der Waals surface area (Å²) in [6.45, 7) is 3.17. The molecule has 0 radical (unpaired) electrons. The molecule has 0 aliphatic heterocycles. The van der Waals surface area contributed by atoms with Gasteiger partial charge in [-0.15, -0.1) is 0 Å². The maximum atomic E-state index is 12.2. The number of methoxy groups -OCH3 is 1. The Hall–Kier alpha value is -2.01. The lowest BCUT2D eigenvalue weighted by atomic mass is 10.1. The van der Waals surface area contributed by atoms with Crippen LogP contribution in [-0.4, -0.2) is 21.4 Å². The molecule has 0 saturated heterocycles. The normalized spacial score (nSPS) is 10.8. The molecule has 5 heteroatoms. The predicted octanol–water partition coefficient (Wildman–Crippen LogP) is 1.61. The van der Waals surface area contributed by atoms with Crippen LogP contribution in [0.3, 0.4) is 0 Å². The van der Waals surface area contributed by atoms with Gasteiger partial charge in [-0.3, -0.25) is 9.13 Å². The van der Waals surface area contributed by atoms with Crippen molar-refractivity contribution in [2.24, 2.45) is 0 Å². The molecule has 108 valence electrons. The molecule has 1 aromatic carbocycles. The summed E-state index contributed by atoms with van der Waals surface area (Å²) in [6, 6.07) is 5.49. The number of aliphatic hydroxyl groups is 1. The zero-order valence-corrected chi connectivity index (χ0v) is 11.9. The van der Waals surface area contributed by atoms with E-state index in [2.05, 4.69) is 0 Å². The van der Waals surface area contributed by atoms with E-state index in [1.807, 2.05) is 25.1 Å². The number of nitrogens with zero attached hydrogens (tertiary/aromatic N) is 2. The Morgan fingerprint density at radius 2 is 2.00 bits per heavy atom. The van der Waals surface area contributed by atoms with Gasteiger partial charge in [-0.25, -0.2) is 4.79 Å². The van der Waals surface area contributed by atoms with Gasteiger partial charge in [-0.1, -0.05) is 13.0 Å². The number of hydrogen-bond donors (Lipinski definition) is 1. The number of ether oxygens (including phenoxy) is 1. The third-order valence-corrected chi connectivity index (χ3v) is 3.25. The first-order valence-electron chi connectivity index (χ1n) is 6.71. The molecule has 1 N–H and O–H groups in total. The molecule has 2 rings (SSSR count). The number of aryl methyl sites for hydroxylation is 1. The lowest BCUT2D eigenvalue weighted by Gasteiger charge is -2.10. The van der Waals surface area contributed by atoms with E-state index in [1.165, 1.54) is 0 Å². The average Bonchev–Trinajstić information content (AvgIpc) is 2.81. The number of aliphatic hydroxyl groups excluding tert-OH is 1. The Morgan fingerprint density at radius 3 is 2.65 bits per heavy atom. The van der Waals surface area contributed by atoms with E-state index < -0.39 is 0 Å². The van der Waals surface area contributed by atoms with Crippen LogP contribution in [0.4, 0.5) is 0 Å². The van der Waals surface area contributed by atoms with Crippen molar-refractivity contribution in [3.63, 3.8) is 0 Å². The molecule has 0 aliphatic rings. The van der Waals surface area contributed by atoms with Gasteiger partial charge >= 0.3 is 5.69 Å². The van der Waals surface area contributed by atoms with E-state index in [-0.39, 0.29) is 12.3 Å². The molecule has 20 heavy (non-hydrogen) atoms. The van der Waals surface area contributed by atoms with E-state index in [9.17, 15) is 9.90 Å². The predicted molar refractivity (Wildman–Crippen MR) is 77.0 cm³/mol. The summed E-state index contributed by atoms with van der Waals surface area (Å²) in [7, 11) is 1.60. The molecule has 5 nitrogen and oxygen atoms in total. The van der Waals surface area contributed by atoms with Crippen molar-refractivity contribution in [1.82, 2.24) is 9.13 Å². The van der Waals surface area contributed by atoms with Gasteiger partial charge in [0, 0.05) is 24.5 Å². The highest BCUT2D eigenvalue weighted by molar-refractivity contribution is 5.37. The fourth-order valence-electron chi connectivity index (χ4n) is 2.22. The van der Waals surface area contributed by atoms with Crippen LogP contribution >= 0.6 is 0 Å². The maximum Gasteiger partial charge on any atom is 0.328 e. The van der Waals surface area contributed by atoms with Crippen LogP contribution in [-0.2, 0) is 19.7 Å². The highest BCUT2D eigenvalue weighted by atomic mass is 16.5. The molecule has 0 bridgehead atoms. The zero-order chi connectivity index (χ0) is 14.5. The van der Waals surface area contributed by atoms with Crippen LogP contribution in [0.15, 0.2) is 35.4 Å². The first-order valence-corrected chi connectivity index (χ1v) is 6.71. The van der Waals surface area contributed by atoms with Gasteiger partial charge in [-0.2, -0.15) is 0 Å². The van der Waals surface area contributed by atoms with E-state index in [0.29, 0.717) is 6.54 Å². The third-order valence-electron chi connectivity index (χ3n) is 3.25. The van der Waals surface area contributed by atoms with Crippen molar-refractivity contribution in [3.05, 3.63) is 52.2 Å². The zero-order valence-electron chi connectivity index (χ0n) is 11.9. The minimum absolute atomic E-state index is 0.0247. The van der Waals surface area contributed by atoms with Crippen molar-refractivity contribution in [2.45, 2.75) is 33.0 Å². The lowest BCUT2D eigenvalue weighted by Crippen LogP contribution is -2.24. The Bertz CT molecular complexity index is 628. The van der Waals surface area contributed by atoms with Crippen LogP contribution in [0.2, 0.25) is 0 Å². The standard InChI is InChI=1S/C15H20N2O3/c1-3-6-16-7-8-17(15(16)19)10-13-9-12(11-18)4-5-14(13)20-2/h4-5,7-9,18H,3,6,10-11H2,1-2H3. The van der Waals surface area contributed by atoms with Crippen molar-refractivity contribution in [2.75, 3.05) is 7.11 Å². The molecule has 0 saturated carbocycles. The second-order valence-corrected chi connectivity index (χ2v) is 4.71. The highest BCUT2D eigenvalue weighted by Gasteiger charge is 2.08. The van der Waals surface area contributed by atoms with E-state index in [4.69, 9.17) is 4.74 Å². The van der Waals surface area contributed by atoms with Gasteiger partial charge in [0.15, 0.2) is 0 Å². The summed E-state index contributed by atoms with van der Waals surface area (Å²) in [4.78, 5) is 12.2. The molecular weight excluding hydrogens is 256 g/mol. The third kappa shape index (κ3) is 2.93. The second kappa shape index (κ2) is 6.43. The van der Waals surface area contributed by atoms with Crippen LogP contribution < -0.4 is 10.4 Å². The van der Waals surface area contributed by atoms with Gasteiger partial charge in [0.25, 0.3) is 0 Å². The largest absolute Gasteiger partial charge is 0.496 e. The Kier molecular flexibility index (Phi) is 4.63. The van der Waals surface area contributed by atoms with Gasteiger partial charge in [0.2, 0.25) is 0 Å². The summed E-state index contributed by atoms with van der Waals surface area (Å²) in [5, 5.41) is 9.21. The number of rotatable bonds is 6. The average molecular weight is 276 g/mol. The molecular formula is C15H20N2O3. The molecule has 0 unspecified atom stereocenters. The molecule has 0 atom stereocenters. The number of aromatic nitrogens is 2. The highest BCUT2D eigenvalue weighted by Crippen LogP contribution is 2.20. The van der Waals surface area contributed by atoms with Crippen LogP contribution in [0.5, 0.6) is 5.75 Å². The van der Waals surface area contributed by atoms with Crippen molar-refractivity contribution in [3.8, 4) is 5.75 Å². The molecule has 1 aromatic heterocycles. The van der Waals surface area contributed by atoms with E-state index in [1.54, 1.807) is 28.6 Å². The van der Waals surface area contributed by atoms with Gasteiger partial charge in [0.1, 0.15) is 5.75 Å². The van der Waals surface area contributed by atoms with Gasteiger partial charge in [0.05, 0.1) is 20.3 Å². The molecule has 0 spiro atoms. The first kappa shape index (κ1) is 14.4. The number of hydrogen-bond acceptors (Lipinski definition) is 3. The molecule has 1 heterocycles. The summed E-state index contributed by atoms with van der Waals surface area (Å²) in [5.41, 5.74) is 1.67. The first-order chi connectivity index (χ1) is 9.69. The minimum Gasteiger partial charge on any atom is -0.496 e. The Balaban J connectivity index is 2.31. The second-order valence-electron chi connectivity index (χ2n) is 4.71. The lowest BCUT2D eigenvalue weighted by molar-refractivity contribution is 0.281. The molecule has 0 amide bonds. The smallest absolute Gasteiger partial charge is 0.328 e. The van der Waals surface area contributed by atoms with Crippen LogP contribution in [0.25, 0.3) is 0 Å². The summed E-state index contributed by atoms with van der Waals surface area (Å²) in [5.74, 6) is 0.720. The molecule has 0 fully saturated rings. The molecule has 0 aliphatic carbocycles. The fourth-order valence-corrected chi connectivity index (χ4v) is 2.22. The van der Waals surface area contributed by atoms with Crippen molar-refractivity contribution >= 4 is 0 Å². The SMILES string of the molecule is CCCn1ccn(Cc2cc(CO)ccc2OC)c1=O. The summed E-state index contributed by atoms with van der Waals surface area (Å²) >= 11 is 0. The Morgan fingerprint density at radius 1 is 1.25 bits per heavy atom. The number of benzene rings is 1. The summed E-state index contributed by atoms with van der Waals surface area (Å²) < 4.78 is 8.65. The fraction of sp³-hybridized carbons (Fsp3) is 0.400. The maximum absolute atomic E-state index is 12.2. The summed E-state index contributed by atoms with van der Waals surface area (Å²) in [6.07, 6.45) is 4.50. The number of imidazole rings is 1. The van der Waals surface area contributed by atoms with Gasteiger partial charge < -0.3 is 9.84 Å². The van der Waals surface area contributed by atoms with Crippen LogP contribution in [0.1, 0.15) is 24.5 Å². The van der Waals surface area contributed by atoms with E-state index in [0.717, 1.165) is 29.8 Å². The quantitative estimate of drug-likeness (QED) is 0.872. The van der Waals surface area contributed by atoms with Gasteiger partial charge in [-0.05, 0) is 24.1 Å². The topological polar surface area (TPSA) is 56.4 Å². The van der Waals surface area contributed by atoms with Crippen molar-refractivity contribution in [1.29, 1.82) is 0 Å². The van der Waals surface area contributed by atoms with E-state index >= 15 is 0 Å². The molecule has 2 aromatic rings. The van der Waals surface area contributed by atoms with Crippen LogP contribution in [0, 0.1) is 0 Å². The minimum atomic E-state index is -0.0251. The Labute approximate surface area is 118 Å². The van der Waals surface area contributed by atoms with Crippen molar-refractivity contribution < 1.29 is 9.84 Å².